The lowest BCUT2D eigenvalue weighted by molar-refractivity contribution is 0.528. The normalized spacial score (nSPS) is 10.7. The highest BCUT2D eigenvalue weighted by atomic mass is 32.1. The summed E-state index contributed by atoms with van der Waals surface area (Å²) in [6.45, 7) is 0. The van der Waals surface area contributed by atoms with Gasteiger partial charge in [0.15, 0.2) is 5.58 Å². The van der Waals surface area contributed by atoms with Crippen LogP contribution in [-0.4, -0.2) is 10.4 Å². The third-order valence-electron chi connectivity index (χ3n) is 2.07. The van der Waals surface area contributed by atoms with E-state index in [4.69, 9.17) is 4.42 Å². The van der Waals surface area contributed by atoms with E-state index >= 15 is 0 Å². The molecule has 1 aromatic heterocycles. The molecule has 0 aliphatic rings. The van der Waals surface area contributed by atoms with Crippen LogP contribution in [0.1, 0.15) is 0 Å². The maximum atomic E-state index is 11.2. The van der Waals surface area contributed by atoms with Crippen molar-refractivity contribution in [2.45, 2.75) is 0 Å². The monoisotopic (exact) mass is 210 g/mol. The Morgan fingerprint density at radius 1 is 1.57 bits per heavy atom. The highest BCUT2D eigenvalue weighted by Gasteiger charge is 2.05. The summed E-state index contributed by atoms with van der Waals surface area (Å²) in [5.74, 6) is 0.208. The molecule has 0 bridgehead atoms. The summed E-state index contributed by atoms with van der Waals surface area (Å²) in [6.07, 6.45) is 0. The number of thiol groups is 1. The maximum absolute atomic E-state index is 11.2. The zero-order valence-corrected chi connectivity index (χ0v) is 8.54. The molecule has 14 heavy (non-hydrogen) atoms. The van der Waals surface area contributed by atoms with Gasteiger partial charge in [-0.15, -0.1) is 0 Å². The number of aryl methyl sites for hydroxylation is 1. The van der Waals surface area contributed by atoms with Gasteiger partial charge in [0.1, 0.15) is 0 Å². The van der Waals surface area contributed by atoms with Gasteiger partial charge in [-0.3, -0.25) is 4.57 Å². The quantitative estimate of drug-likeness (QED) is 0.582. The first kappa shape index (κ1) is 9.21. The zero-order valence-electron chi connectivity index (χ0n) is 7.65. The summed E-state index contributed by atoms with van der Waals surface area (Å²) in [6, 6.07) is 5.47. The molecule has 0 radical (unpaired) electrons. The molecule has 2 rings (SSSR count). The Labute approximate surface area is 85.9 Å². The second-order valence-electron chi connectivity index (χ2n) is 2.94. The number of hydrogen-bond acceptors (Lipinski definition) is 4. The first-order valence-corrected chi connectivity index (χ1v) is 4.80. The summed E-state index contributed by atoms with van der Waals surface area (Å²) >= 11 is 4.05. The molecule has 0 aliphatic carbocycles. The minimum atomic E-state index is -0.344. The molecule has 0 unspecified atom stereocenters. The van der Waals surface area contributed by atoms with Gasteiger partial charge < -0.3 is 9.73 Å². The Bertz CT molecular complexity index is 515. The van der Waals surface area contributed by atoms with Crippen molar-refractivity contribution >= 4 is 29.4 Å². The number of nitrogens with zero attached hydrogens (tertiary/aromatic N) is 1. The molecule has 4 nitrogen and oxygen atoms in total. The van der Waals surface area contributed by atoms with Crippen molar-refractivity contribution in [3.8, 4) is 0 Å². The molecular weight excluding hydrogens is 200 g/mol. The van der Waals surface area contributed by atoms with Gasteiger partial charge in [0.2, 0.25) is 0 Å². The number of hydrogen-bond donors (Lipinski definition) is 2. The molecule has 0 amide bonds. The number of nitrogens with one attached hydrogen (secondary N) is 1. The smallest absolute Gasteiger partial charge is 0.408 e. The van der Waals surface area contributed by atoms with Crippen molar-refractivity contribution < 1.29 is 4.42 Å². The number of benzene rings is 1. The van der Waals surface area contributed by atoms with Crippen molar-refractivity contribution in [2.75, 3.05) is 11.2 Å². The number of rotatable bonds is 2. The average molecular weight is 210 g/mol. The van der Waals surface area contributed by atoms with Crippen LogP contribution in [0.3, 0.4) is 0 Å². The predicted octanol–water partition coefficient (Wildman–Crippen LogP) is 1.43. The molecule has 0 fully saturated rings. The zero-order chi connectivity index (χ0) is 10.1. The SMILES string of the molecule is Cn1c(=O)oc2ccc(NCS)cc21. The van der Waals surface area contributed by atoms with E-state index in [1.807, 2.05) is 12.1 Å². The number of aromatic nitrogens is 1. The first-order valence-electron chi connectivity index (χ1n) is 4.16. The van der Waals surface area contributed by atoms with Gasteiger partial charge in [0.25, 0.3) is 0 Å². The summed E-state index contributed by atoms with van der Waals surface area (Å²) < 4.78 is 6.46. The molecule has 0 aliphatic heterocycles. The van der Waals surface area contributed by atoms with Crippen LogP contribution in [0.5, 0.6) is 0 Å². The van der Waals surface area contributed by atoms with Crippen LogP contribution in [0.25, 0.3) is 11.1 Å². The molecule has 1 N–H and O–H groups in total. The molecule has 0 saturated heterocycles. The van der Waals surface area contributed by atoms with Crippen molar-refractivity contribution in [1.29, 1.82) is 0 Å². The molecule has 0 atom stereocenters. The minimum absolute atomic E-state index is 0.344. The van der Waals surface area contributed by atoms with Gasteiger partial charge in [-0.2, -0.15) is 12.6 Å². The second kappa shape index (κ2) is 3.42. The van der Waals surface area contributed by atoms with Gasteiger partial charge in [-0.1, -0.05) is 0 Å². The Kier molecular flexibility index (Phi) is 2.25. The fourth-order valence-corrected chi connectivity index (χ4v) is 1.51. The van der Waals surface area contributed by atoms with E-state index in [1.54, 1.807) is 13.1 Å². The third-order valence-corrected chi connectivity index (χ3v) is 2.23. The minimum Gasteiger partial charge on any atom is -0.408 e. The number of fused-ring (bicyclic) bond motifs is 1. The van der Waals surface area contributed by atoms with Crippen molar-refractivity contribution in [2.24, 2.45) is 7.05 Å². The number of anilines is 1. The van der Waals surface area contributed by atoms with Crippen LogP contribution in [0, 0.1) is 0 Å². The van der Waals surface area contributed by atoms with E-state index in [2.05, 4.69) is 17.9 Å². The van der Waals surface area contributed by atoms with E-state index in [1.165, 1.54) is 4.57 Å². The molecular formula is C9H10N2O2S. The Balaban J connectivity index is 2.63. The van der Waals surface area contributed by atoms with E-state index < -0.39 is 0 Å². The summed E-state index contributed by atoms with van der Waals surface area (Å²) in [5, 5.41) is 3.04. The van der Waals surface area contributed by atoms with E-state index in [0.717, 1.165) is 11.2 Å². The van der Waals surface area contributed by atoms with Gasteiger partial charge in [-0.25, -0.2) is 4.79 Å². The molecule has 0 saturated carbocycles. The van der Waals surface area contributed by atoms with Gasteiger partial charge in [0.05, 0.1) is 11.4 Å². The third kappa shape index (κ3) is 1.39. The van der Waals surface area contributed by atoms with E-state index in [0.29, 0.717) is 11.5 Å². The Morgan fingerprint density at radius 3 is 3.07 bits per heavy atom. The van der Waals surface area contributed by atoms with E-state index in [-0.39, 0.29) is 5.76 Å². The van der Waals surface area contributed by atoms with Crippen LogP contribution >= 0.6 is 12.6 Å². The lowest BCUT2D eigenvalue weighted by Gasteiger charge is -2.01. The van der Waals surface area contributed by atoms with Crippen molar-refractivity contribution in [3.63, 3.8) is 0 Å². The fourth-order valence-electron chi connectivity index (χ4n) is 1.33. The van der Waals surface area contributed by atoms with Crippen molar-refractivity contribution in [1.82, 2.24) is 4.57 Å². The fraction of sp³-hybridized carbons (Fsp3) is 0.222. The lowest BCUT2D eigenvalue weighted by atomic mass is 10.3. The molecule has 1 aromatic carbocycles. The Hall–Kier alpha value is -1.36. The van der Waals surface area contributed by atoms with E-state index in [9.17, 15) is 4.79 Å². The molecule has 2 aromatic rings. The summed E-state index contributed by atoms with van der Waals surface area (Å²) in [4.78, 5) is 11.2. The molecule has 5 heteroatoms. The van der Waals surface area contributed by atoms with Crippen molar-refractivity contribution in [3.05, 3.63) is 28.7 Å². The lowest BCUT2D eigenvalue weighted by Crippen LogP contribution is -2.08. The summed E-state index contributed by atoms with van der Waals surface area (Å²) in [7, 11) is 1.68. The van der Waals surface area contributed by atoms with Crippen LogP contribution in [-0.2, 0) is 7.05 Å². The largest absolute Gasteiger partial charge is 0.419 e. The highest BCUT2D eigenvalue weighted by Crippen LogP contribution is 2.17. The molecule has 1 heterocycles. The molecule has 0 spiro atoms. The standard InChI is InChI=1S/C9H10N2O2S/c1-11-7-4-6(10-5-14)2-3-8(7)13-9(11)12/h2-4,10,14H,5H2,1H3. The van der Waals surface area contributed by atoms with Gasteiger partial charge >= 0.3 is 5.76 Å². The molecule has 74 valence electrons. The maximum Gasteiger partial charge on any atom is 0.419 e. The van der Waals surface area contributed by atoms with Crippen LogP contribution in [0.4, 0.5) is 5.69 Å². The first-order chi connectivity index (χ1) is 6.72. The Morgan fingerprint density at radius 2 is 2.36 bits per heavy atom. The average Bonchev–Trinajstić information content (AvgIpc) is 2.45. The predicted molar refractivity (Wildman–Crippen MR) is 58.9 cm³/mol. The van der Waals surface area contributed by atoms with Gasteiger partial charge in [-0.05, 0) is 18.2 Å². The van der Waals surface area contributed by atoms with Gasteiger partial charge in [0, 0.05) is 12.7 Å². The van der Waals surface area contributed by atoms with Crippen LogP contribution < -0.4 is 11.1 Å². The number of oxazole rings is 1. The van der Waals surface area contributed by atoms with Crippen LogP contribution in [0.2, 0.25) is 0 Å². The second-order valence-corrected chi connectivity index (χ2v) is 3.26. The highest BCUT2D eigenvalue weighted by molar-refractivity contribution is 7.80. The summed E-state index contributed by atoms with van der Waals surface area (Å²) in [5.41, 5.74) is 2.30. The van der Waals surface area contributed by atoms with Crippen LogP contribution in [0.15, 0.2) is 27.4 Å². The topological polar surface area (TPSA) is 47.2 Å².